The van der Waals surface area contributed by atoms with E-state index in [0.29, 0.717) is 6.04 Å². The number of hydrogen-bond donors (Lipinski definition) is 1. The van der Waals surface area contributed by atoms with E-state index in [9.17, 15) is 0 Å². The van der Waals surface area contributed by atoms with Crippen LogP contribution >= 0.6 is 0 Å². The second-order valence-corrected chi connectivity index (χ2v) is 3.70. The van der Waals surface area contributed by atoms with Crippen LogP contribution in [0.3, 0.4) is 0 Å². The molecule has 0 radical (unpaired) electrons. The van der Waals surface area contributed by atoms with Gasteiger partial charge in [-0.3, -0.25) is 9.89 Å². The Morgan fingerprint density at radius 3 is 2.41 bits per heavy atom. The maximum absolute atomic E-state index is 4.32. The number of piperazine rings is 1. The summed E-state index contributed by atoms with van der Waals surface area (Å²) < 4.78 is 0. The van der Waals surface area contributed by atoms with Crippen LogP contribution in [0, 0.1) is 0 Å². The highest BCUT2D eigenvalue weighted by molar-refractivity contribution is 5.99. The highest BCUT2D eigenvalue weighted by Gasteiger charge is 2.18. The third kappa shape index (κ3) is 5.80. The van der Waals surface area contributed by atoms with E-state index in [1.54, 1.807) is 6.20 Å². The highest BCUT2D eigenvalue weighted by Crippen LogP contribution is 2.05. The largest absolute Gasteiger partial charge is 0.314 e. The lowest BCUT2D eigenvalue weighted by molar-refractivity contribution is 0.223. The first-order valence-corrected chi connectivity index (χ1v) is 6.55. The van der Waals surface area contributed by atoms with E-state index in [4.69, 9.17) is 0 Å². The molecule has 0 bridgehead atoms. The fraction of sp³-hybridized carbons (Fsp3) is 0.643. The summed E-state index contributed by atoms with van der Waals surface area (Å²) in [6, 6.07) is 0.376. The average Bonchev–Trinajstić information content (AvgIpc) is 2.41. The van der Waals surface area contributed by atoms with Gasteiger partial charge < -0.3 is 5.32 Å². The molecular weight excluding hydrogens is 210 g/mol. The van der Waals surface area contributed by atoms with Crippen LogP contribution in [0.25, 0.3) is 0 Å². The predicted octanol–water partition coefficient (Wildman–Crippen LogP) is 2.47. The molecule has 0 saturated carbocycles. The van der Waals surface area contributed by atoms with E-state index in [0.717, 1.165) is 31.9 Å². The Hall–Kier alpha value is -0.930. The first-order valence-electron chi connectivity index (χ1n) is 6.55. The van der Waals surface area contributed by atoms with Crippen molar-refractivity contribution in [2.24, 2.45) is 4.99 Å². The van der Waals surface area contributed by atoms with E-state index in [-0.39, 0.29) is 0 Å². The van der Waals surface area contributed by atoms with Gasteiger partial charge in [0.25, 0.3) is 0 Å². The second-order valence-electron chi connectivity index (χ2n) is 3.70. The van der Waals surface area contributed by atoms with E-state index in [1.165, 1.54) is 0 Å². The van der Waals surface area contributed by atoms with Gasteiger partial charge in [-0.2, -0.15) is 0 Å². The van der Waals surface area contributed by atoms with Gasteiger partial charge in [-0.1, -0.05) is 26.5 Å². The number of rotatable bonds is 4. The average molecular weight is 237 g/mol. The van der Waals surface area contributed by atoms with Crippen molar-refractivity contribution in [2.75, 3.05) is 26.2 Å². The first-order chi connectivity index (χ1) is 8.29. The van der Waals surface area contributed by atoms with Gasteiger partial charge in [-0.05, 0) is 19.9 Å². The minimum absolute atomic E-state index is 0.376. The normalized spacial score (nSPS) is 19.6. The smallest absolute Gasteiger partial charge is 0.0569 e. The summed E-state index contributed by atoms with van der Waals surface area (Å²) in [6.45, 7) is 16.2. The van der Waals surface area contributed by atoms with Gasteiger partial charge in [-0.15, -0.1) is 0 Å². The Balaban J connectivity index is 0.00000121. The molecule has 98 valence electrons. The van der Waals surface area contributed by atoms with Crippen LogP contribution in [-0.4, -0.2) is 42.8 Å². The number of nitrogens with one attached hydrogen (secondary N) is 1. The molecule has 0 aromatic rings. The number of allylic oxidation sites excluding steroid dienone is 1. The van der Waals surface area contributed by atoms with E-state index in [2.05, 4.69) is 34.8 Å². The lowest BCUT2D eigenvalue weighted by Crippen LogP contribution is -2.49. The molecule has 1 rings (SSSR count). The molecule has 0 aliphatic carbocycles. The standard InChI is InChI=1S/C12H21N3.C2H6/c1-4-6-12(14-5-2)11(3)15-9-7-13-8-10-15;1-2/h4-6,11,13H,2,7-10H2,1,3H3;1-2H3/b6-4-,14-12?;. The summed E-state index contributed by atoms with van der Waals surface area (Å²) in [7, 11) is 0. The van der Waals surface area contributed by atoms with Crippen molar-refractivity contribution >= 4 is 5.71 Å². The molecule has 1 heterocycles. The van der Waals surface area contributed by atoms with Crippen molar-refractivity contribution in [2.45, 2.75) is 33.7 Å². The maximum atomic E-state index is 4.32. The van der Waals surface area contributed by atoms with Gasteiger partial charge in [0.15, 0.2) is 0 Å². The van der Waals surface area contributed by atoms with Crippen LogP contribution in [0.4, 0.5) is 0 Å². The van der Waals surface area contributed by atoms with Crippen LogP contribution in [-0.2, 0) is 0 Å². The fourth-order valence-corrected chi connectivity index (χ4v) is 1.82. The molecule has 17 heavy (non-hydrogen) atoms. The molecule has 0 amide bonds. The number of aliphatic imine (C=N–C) groups is 1. The van der Waals surface area contributed by atoms with Crippen molar-refractivity contribution in [1.82, 2.24) is 10.2 Å². The summed E-state index contributed by atoms with van der Waals surface area (Å²) in [5.74, 6) is 0. The number of hydrogen-bond acceptors (Lipinski definition) is 3. The third-order valence-electron chi connectivity index (χ3n) is 2.71. The second kappa shape index (κ2) is 10.2. The minimum atomic E-state index is 0.376. The Bertz CT molecular complexity index is 250. The van der Waals surface area contributed by atoms with Gasteiger partial charge in [-0.25, -0.2) is 0 Å². The lowest BCUT2D eigenvalue weighted by Gasteiger charge is -2.32. The van der Waals surface area contributed by atoms with Crippen LogP contribution in [0.5, 0.6) is 0 Å². The molecule has 1 aliphatic rings. The Morgan fingerprint density at radius 1 is 1.35 bits per heavy atom. The topological polar surface area (TPSA) is 27.6 Å². The van der Waals surface area contributed by atoms with E-state index >= 15 is 0 Å². The van der Waals surface area contributed by atoms with Crippen molar-refractivity contribution in [3.63, 3.8) is 0 Å². The van der Waals surface area contributed by atoms with Crippen molar-refractivity contribution in [1.29, 1.82) is 0 Å². The van der Waals surface area contributed by atoms with Crippen molar-refractivity contribution < 1.29 is 0 Å². The Morgan fingerprint density at radius 2 is 1.94 bits per heavy atom. The van der Waals surface area contributed by atoms with Crippen LogP contribution < -0.4 is 5.32 Å². The van der Waals surface area contributed by atoms with Crippen molar-refractivity contribution in [3.8, 4) is 0 Å². The van der Waals surface area contributed by atoms with E-state index in [1.807, 2.05) is 26.8 Å². The summed E-state index contributed by atoms with van der Waals surface area (Å²) in [5, 5.41) is 3.35. The molecule has 1 fully saturated rings. The molecule has 1 aliphatic heterocycles. The van der Waals surface area contributed by atoms with Crippen LogP contribution in [0.2, 0.25) is 0 Å². The summed E-state index contributed by atoms with van der Waals surface area (Å²) in [5.41, 5.74) is 1.09. The zero-order chi connectivity index (χ0) is 13.1. The lowest BCUT2D eigenvalue weighted by atomic mass is 10.1. The maximum Gasteiger partial charge on any atom is 0.0569 e. The molecule has 3 heteroatoms. The molecule has 0 aromatic heterocycles. The first kappa shape index (κ1) is 16.1. The highest BCUT2D eigenvalue weighted by atomic mass is 15.2. The Labute approximate surface area is 106 Å². The predicted molar refractivity (Wildman–Crippen MR) is 77.7 cm³/mol. The molecular formula is C14H27N3. The molecule has 0 aromatic carbocycles. The summed E-state index contributed by atoms with van der Waals surface area (Å²) >= 11 is 0. The molecule has 1 saturated heterocycles. The molecule has 1 N–H and O–H groups in total. The molecule has 0 spiro atoms. The fourth-order valence-electron chi connectivity index (χ4n) is 1.82. The van der Waals surface area contributed by atoms with Gasteiger partial charge in [0, 0.05) is 38.4 Å². The van der Waals surface area contributed by atoms with E-state index < -0.39 is 0 Å². The zero-order valence-electron chi connectivity index (χ0n) is 11.7. The zero-order valence-corrected chi connectivity index (χ0v) is 11.7. The van der Waals surface area contributed by atoms with Gasteiger partial charge >= 0.3 is 0 Å². The molecule has 1 unspecified atom stereocenters. The monoisotopic (exact) mass is 237 g/mol. The van der Waals surface area contributed by atoms with Crippen LogP contribution in [0.1, 0.15) is 27.7 Å². The Kier molecular flexibility index (Phi) is 9.68. The number of nitrogens with zero attached hydrogens (tertiary/aromatic N) is 2. The van der Waals surface area contributed by atoms with Gasteiger partial charge in [0.2, 0.25) is 0 Å². The molecule has 3 nitrogen and oxygen atoms in total. The third-order valence-corrected chi connectivity index (χ3v) is 2.71. The minimum Gasteiger partial charge on any atom is -0.314 e. The quantitative estimate of drug-likeness (QED) is 0.761. The van der Waals surface area contributed by atoms with Crippen molar-refractivity contribution in [3.05, 3.63) is 24.9 Å². The summed E-state index contributed by atoms with van der Waals surface area (Å²) in [4.78, 5) is 6.76. The van der Waals surface area contributed by atoms with Gasteiger partial charge in [0.05, 0.1) is 5.71 Å². The van der Waals surface area contributed by atoms with Gasteiger partial charge in [0.1, 0.15) is 0 Å². The SMILES string of the molecule is C=CN=C(/C=C\C)C(C)N1CCNCC1.CC. The molecule has 1 atom stereocenters. The van der Waals surface area contributed by atoms with Crippen LogP contribution in [0.15, 0.2) is 29.9 Å². The summed E-state index contributed by atoms with van der Waals surface area (Å²) in [6.07, 6.45) is 5.71.